The monoisotopic (exact) mass is 282 g/mol. The molecule has 1 N–H and O–H groups in total. The standard InChI is InChI=1S/C14H19ClN2O2/c1-10-5-7-17(8-6-10)14(18)16-11-3-4-12(15)13(9-11)19-2/h3-4,9-10H,5-8H2,1-2H3,(H,16,18). The van der Waals surface area contributed by atoms with Crippen molar-refractivity contribution in [2.45, 2.75) is 19.8 Å². The molecule has 1 saturated heterocycles. The van der Waals surface area contributed by atoms with Crippen LogP contribution in [-0.4, -0.2) is 31.1 Å². The second kappa shape index (κ2) is 6.15. The van der Waals surface area contributed by atoms with Gasteiger partial charge in [0, 0.05) is 24.8 Å². The van der Waals surface area contributed by atoms with E-state index in [0.29, 0.717) is 22.4 Å². The van der Waals surface area contributed by atoms with Crippen LogP contribution in [-0.2, 0) is 0 Å². The van der Waals surface area contributed by atoms with E-state index in [4.69, 9.17) is 16.3 Å². The summed E-state index contributed by atoms with van der Waals surface area (Å²) in [4.78, 5) is 13.9. The molecule has 1 heterocycles. The summed E-state index contributed by atoms with van der Waals surface area (Å²) in [7, 11) is 1.55. The number of amides is 2. The van der Waals surface area contributed by atoms with Crippen molar-refractivity contribution in [3.8, 4) is 5.75 Å². The fraction of sp³-hybridized carbons (Fsp3) is 0.500. The smallest absolute Gasteiger partial charge is 0.321 e. The van der Waals surface area contributed by atoms with Crippen molar-refractivity contribution < 1.29 is 9.53 Å². The van der Waals surface area contributed by atoms with Crippen molar-refractivity contribution in [1.82, 2.24) is 4.90 Å². The van der Waals surface area contributed by atoms with Crippen molar-refractivity contribution >= 4 is 23.3 Å². The normalized spacial score (nSPS) is 16.3. The van der Waals surface area contributed by atoms with E-state index in [0.717, 1.165) is 25.9 Å². The first-order valence-corrected chi connectivity index (χ1v) is 6.87. The van der Waals surface area contributed by atoms with E-state index in [-0.39, 0.29) is 6.03 Å². The molecule has 2 rings (SSSR count). The Morgan fingerprint density at radius 2 is 2.11 bits per heavy atom. The minimum atomic E-state index is -0.0590. The number of urea groups is 1. The molecule has 104 valence electrons. The lowest BCUT2D eigenvalue weighted by Crippen LogP contribution is -2.40. The lowest BCUT2D eigenvalue weighted by Gasteiger charge is -2.30. The topological polar surface area (TPSA) is 41.6 Å². The number of ether oxygens (including phenoxy) is 1. The quantitative estimate of drug-likeness (QED) is 0.900. The van der Waals surface area contributed by atoms with Gasteiger partial charge in [-0.15, -0.1) is 0 Å². The van der Waals surface area contributed by atoms with Crippen LogP contribution in [0.3, 0.4) is 0 Å². The molecule has 0 saturated carbocycles. The highest BCUT2D eigenvalue weighted by Crippen LogP contribution is 2.27. The molecule has 0 aliphatic carbocycles. The van der Waals surface area contributed by atoms with E-state index < -0.39 is 0 Å². The molecule has 0 unspecified atom stereocenters. The number of carbonyl (C=O) groups excluding carboxylic acids is 1. The fourth-order valence-corrected chi connectivity index (χ4v) is 2.35. The molecular weight excluding hydrogens is 264 g/mol. The number of nitrogens with one attached hydrogen (secondary N) is 1. The Morgan fingerprint density at radius 1 is 1.42 bits per heavy atom. The molecule has 1 aliphatic heterocycles. The van der Waals surface area contributed by atoms with Gasteiger partial charge in [-0.1, -0.05) is 18.5 Å². The van der Waals surface area contributed by atoms with Gasteiger partial charge in [0.25, 0.3) is 0 Å². The van der Waals surface area contributed by atoms with Gasteiger partial charge in [0.1, 0.15) is 5.75 Å². The van der Waals surface area contributed by atoms with Crippen molar-refractivity contribution in [3.63, 3.8) is 0 Å². The number of anilines is 1. The van der Waals surface area contributed by atoms with Crippen LogP contribution in [0.4, 0.5) is 10.5 Å². The summed E-state index contributed by atoms with van der Waals surface area (Å²) in [6.45, 7) is 3.86. The maximum Gasteiger partial charge on any atom is 0.321 e. The third-order valence-corrected chi connectivity index (χ3v) is 3.79. The first-order chi connectivity index (χ1) is 9.10. The largest absolute Gasteiger partial charge is 0.495 e. The van der Waals surface area contributed by atoms with Gasteiger partial charge in [0.05, 0.1) is 12.1 Å². The van der Waals surface area contributed by atoms with E-state index in [2.05, 4.69) is 12.2 Å². The molecule has 5 heteroatoms. The Balaban J connectivity index is 1.98. The van der Waals surface area contributed by atoms with Crippen LogP contribution in [0.1, 0.15) is 19.8 Å². The number of benzene rings is 1. The third kappa shape index (κ3) is 3.53. The molecule has 0 spiro atoms. The molecule has 1 aliphatic rings. The van der Waals surface area contributed by atoms with Crippen molar-refractivity contribution in [2.75, 3.05) is 25.5 Å². The second-order valence-corrected chi connectivity index (χ2v) is 5.36. The van der Waals surface area contributed by atoms with Crippen molar-refractivity contribution in [1.29, 1.82) is 0 Å². The zero-order chi connectivity index (χ0) is 13.8. The molecule has 1 fully saturated rings. The van der Waals surface area contributed by atoms with Gasteiger partial charge in [-0.25, -0.2) is 4.79 Å². The van der Waals surface area contributed by atoms with Crippen LogP contribution in [0.2, 0.25) is 5.02 Å². The SMILES string of the molecule is COc1cc(NC(=O)N2CCC(C)CC2)ccc1Cl. The minimum absolute atomic E-state index is 0.0590. The summed E-state index contributed by atoms with van der Waals surface area (Å²) >= 11 is 5.95. The van der Waals surface area contributed by atoms with Crippen molar-refractivity contribution in [3.05, 3.63) is 23.2 Å². The Bertz CT molecular complexity index is 457. The number of piperidine rings is 1. The highest BCUT2D eigenvalue weighted by molar-refractivity contribution is 6.32. The van der Waals surface area contributed by atoms with E-state index in [1.807, 2.05) is 4.90 Å². The summed E-state index contributed by atoms with van der Waals surface area (Å²) < 4.78 is 5.13. The van der Waals surface area contributed by atoms with Gasteiger partial charge < -0.3 is 15.0 Å². The number of rotatable bonds is 2. The van der Waals surface area contributed by atoms with Crippen LogP contribution in [0.5, 0.6) is 5.75 Å². The maximum absolute atomic E-state index is 12.1. The van der Waals surface area contributed by atoms with Crippen LogP contribution in [0, 0.1) is 5.92 Å². The number of nitrogens with zero attached hydrogens (tertiary/aromatic N) is 1. The van der Waals surface area contributed by atoms with E-state index in [9.17, 15) is 4.79 Å². The van der Waals surface area contributed by atoms with Crippen LogP contribution in [0.25, 0.3) is 0 Å². The summed E-state index contributed by atoms with van der Waals surface area (Å²) in [5.74, 6) is 1.27. The van der Waals surface area contributed by atoms with Crippen LogP contribution >= 0.6 is 11.6 Å². The van der Waals surface area contributed by atoms with E-state index in [1.54, 1.807) is 25.3 Å². The summed E-state index contributed by atoms with van der Waals surface area (Å²) in [5, 5.41) is 3.41. The fourth-order valence-electron chi connectivity index (χ4n) is 2.15. The Hall–Kier alpha value is -1.42. The number of methoxy groups -OCH3 is 1. The number of hydrogen-bond donors (Lipinski definition) is 1. The lowest BCUT2D eigenvalue weighted by atomic mass is 10.00. The number of likely N-dealkylation sites (tertiary alicyclic amines) is 1. The maximum atomic E-state index is 12.1. The zero-order valence-corrected chi connectivity index (χ0v) is 12.0. The predicted octanol–water partition coefficient (Wildman–Crippen LogP) is 3.61. The molecule has 0 radical (unpaired) electrons. The number of halogens is 1. The predicted molar refractivity (Wildman–Crippen MR) is 77.0 cm³/mol. The van der Waals surface area contributed by atoms with E-state index >= 15 is 0 Å². The number of carbonyl (C=O) groups is 1. The highest BCUT2D eigenvalue weighted by atomic mass is 35.5. The van der Waals surface area contributed by atoms with E-state index in [1.165, 1.54) is 0 Å². The first-order valence-electron chi connectivity index (χ1n) is 6.49. The molecule has 4 nitrogen and oxygen atoms in total. The molecule has 0 aromatic heterocycles. The Labute approximate surface area is 118 Å². The zero-order valence-electron chi connectivity index (χ0n) is 11.3. The summed E-state index contributed by atoms with van der Waals surface area (Å²) in [6, 6.07) is 5.16. The molecule has 2 amide bonds. The Kier molecular flexibility index (Phi) is 4.53. The molecular formula is C14H19ClN2O2. The van der Waals surface area contributed by atoms with Gasteiger partial charge in [-0.05, 0) is 30.9 Å². The molecule has 1 aromatic rings. The first kappa shape index (κ1) is 14.0. The Morgan fingerprint density at radius 3 is 2.74 bits per heavy atom. The van der Waals surface area contributed by atoms with Crippen molar-refractivity contribution in [2.24, 2.45) is 5.92 Å². The van der Waals surface area contributed by atoms with Gasteiger partial charge in [-0.3, -0.25) is 0 Å². The van der Waals surface area contributed by atoms with Gasteiger partial charge in [-0.2, -0.15) is 0 Å². The van der Waals surface area contributed by atoms with Gasteiger partial charge >= 0.3 is 6.03 Å². The molecule has 0 atom stereocenters. The van der Waals surface area contributed by atoms with Crippen LogP contribution < -0.4 is 10.1 Å². The number of hydrogen-bond acceptors (Lipinski definition) is 2. The second-order valence-electron chi connectivity index (χ2n) is 4.95. The minimum Gasteiger partial charge on any atom is -0.495 e. The third-order valence-electron chi connectivity index (χ3n) is 3.47. The molecule has 0 bridgehead atoms. The molecule has 19 heavy (non-hydrogen) atoms. The molecule has 1 aromatic carbocycles. The highest BCUT2D eigenvalue weighted by Gasteiger charge is 2.20. The van der Waals surface area contributed by atoms with Gasteiger partial charge in [0.2, 0.25) is 0 Å². The van der Waals surface area contributed by atoms with Crippen LogP contribution in [0.15, 0.2) is 18.2 Å². The summed E-state index contributed by atoms with van der Waals surface area (Å²) in [6.07, 6.45) is 2.13. The average molecular weight is 283 g/mol. The van der Waals surface area contributed by atoms with Gasteiger partial charge in [0.15, 0.2) is 0 Å². The summed E-state index contributed by atoms with van der Waals surface area (Å²) in [5.41, 5.74) is 0.699. The lowest BCUT2D eigenvalue weighted by molar-refractivity contribution is 0.186. The average Bonchev–Trinajstić information content (AvgIpc) is 2.41.